The van der Waals surface area contributed by atoms with Crippen LogP contribution in [0.3, 0.4) is 0 Å². The average Bonchev–Trinajstić information content (AvgIpc) is 2.59. The van der Waals surface area contributed by atoms with Gasteiger partial charge < -0.3 is 4.74 Å². The SMILES string of the molecule is O=C(COC(=O)c1ccc(Cl)c([N+](=O)[O-])c1)c1cccc([N+](=O)[O-])c1. The summed E-state index contributed by atoms with van der Waals surface area (Å²) in [5.41, 5.74) is -0.890. The lowest BCUT2D eigenvalue weighted by Gasteiger charge is -2.05. The molecule has 0 radical (unpaired) electrons. The van der Waals surface area contributed by atoms with E-state index in [0.29, 0.717) is 0 Å². The smallest absolute Gasteiger partial charge is 0.338 e. The standard InChI is InChI=1S/C15H9ClN2O7/c16-12-5-4-10(7-13(12)18(23)24)15(20)25-8-14(19)9-2-1-3-11(6-9)17(21)22/h1-7H,8H2. The fourth-order valence-electron chi connectivity index (χ4n) is 1.87. The highest BCUT2D eigenvalue weighted by Crippen LogP contribution is 2.25. The maximum absolute atomic E-state index is 12.0. The van der Waals surface area contributed by atoms with Gasteiger partial charge in [-0.2, -0.15) is 0 Å². The number of carbonyl (C=O) groups is 2. The normalized spacial score (nSPS) is 10.1. The Labute approximate surface area is 145 Å². The van der Waals surface area contributed by atoms with E-state index >= 15 is 0 Å². The quantitative estimate of drug-likeness (QED) is 0.333. The molecule has 2 rings (SSSR count). The number of nitro groups is 2. The molecule has 0 fully saturated rings. The minimum atomic E-state index is -0.960. The zero-order valence-corrected chi connectivity index (χ0v) is 13.1. The lowest BCUT2D eigenvalue weighted by molar-refractivity contribution is -0.385. The summed E-state index contributed by atoms with van der Waals surface area (Å²) in [5, 5.41) is 21.3. The van der Waals surface area contributed by atoms with Crippen molar-refractivity contribution in [1.82, 2.24) is 0 Å². The fourth-order valence-corrected chi connectivity index (χ4v) is 2.06. The van der Waals surface area contributed by atoms with Gasteiger partial charge in [-0.3, -0.25) is 25.0 Å². The Morgan fingerprint density at radius 1 is 1.00 bits per heavy atom. The summed E-state index contributed by atoms with van der Waals surface area (Å²) in [4.78, 5) is 43.9. The van der Waals surface area contributed by atoms with Crippen LogP contribution in [0, 0.1) is 20.2 Å². The molecule has 0 aliphatic carbocycles. The van der Waals surface area contributed by atoms with E-state index in [0.717, 1.165) is 12.1 Å². The van der Waals surface area contributed by atoms with Crippen molar-refractivity contribution in [2.45, 2.75) is 0 Å². The molecule has 0 unspecified atom stereocenters. The van der Waals surface area contributed by atoms with Crippen molar-refractivity contribution in [2.75, 3.05) is 6.61 Å². The van der Waals surface area contributed by atoms with Crippen molar-refractivity contribution >= 4 is 34.7 Å². The predicted molar refractivity (Wildman–Crippen MR) is 85.8 cm³/mol. The van der Waals surface area contributed by atoms with E-state index in [4.69, 9.17) is 16.3 Å². The Bertz CT molecular complexity index is 882. The van der Waals surface area contributed by atoms with Gasteiger partial charge in [-0.1, -0.05) is 23.7 Å². The first kappa shape index (κ1) is 18.0. The minimum absolute atomic E-state index is 0.00378. The monoisotopic (exact) mass is 364 g/mol. The van der Waals surface area contributed by atoms with Crippen LogP contribution in [0.1, 0.15) is 20.7 Å². The molecule has 0 heterocycles. The van der Waals surface area contributed by atoms with Crippen LogP contribution in [0.4, 0.5) is 11.4 Å². The third-order valence-electron chi connectivity index (χ3n) is 3.09. The van der Waals surface area contributed by atoms with Crippen molar-refractivity contribution in [3.8, 4) is 0 Å². The first-order chi connectivity index (χ1) is 11.8. The van der Waals surface area contributed by atoms with E-state index in [9.17, 15) is 29.8 Å². The lowest BCUT2D eigenvalue weighted by atomic mass is 10.1. The molecule has 0 saturated carbocycles. The molecule has 0 bridgehead atoms. The van der Waals surface area contributed by atoms with Gasteiger partial charge in [-0.15, -0.1) is 0 Å². The summed E-state index contributed by atoms with van der Waals surface area (Å²) in [6.07, 6.45) is 0. The van der Waals surface area contributed by atoms with Crippen molar-refractivity contribution in [1.29, 1.82) is 0 Å². The zero-order chi connectivity index (χ0) is 18.6. The molecule has 0 amide bonds. The number of ether oxygens (including phenoxy) is 1. The van der Waals surface area contributed by atoms with Gasteiger partial charge in [0.25, 0.3) is 11.4 Å². The number of esters is 1. The Kier molecular flexibility index (Phi) is 5.40. The number of non-ortho nitro benzene ring substituents is 1. The van der Waals surface area contributed by atoms with Crippen LogP contribution in [0.25, 0.3) is 0 Å². The Hall–Kier alpha value is -3.33. The second-order valence-electron chi connectivity index (χ2n) is 4.73. The van der Waals surface area contributed by atoms with Crippen molar-refractivity contribution < 1.29 is 24.2 Å². The van der Waals surface area contributed by atoms with Gasteiger partial charge in [0.05, 0.1) is 15.4 Å². The maximum Gasteiger partial charge on any atom is 0.338 e. The lowest BCUT2D eigenvalue weighted by Crippen LogP contribution is -2.14. The average molecular weight is 365 g/mol. The molecule has 0 saturated heterocycles. The third-order valence-corrected chi connectivity index (χ3v) is 3.41. The first-order valence-corrected chi connectivity index (χ1v) is 7.06. The molecule has 9 nitrogen and oxygen atoms in total. The number of ketones is 1. The number of rotatable bonds is 6. The molecule has 0 N–H and O–H groups in total. The molecule has 0 spiro atoms. The van der Waals surface area contributed by atoms with Crippen LogP contribution >= 0.6 is 11.6 Å². The molecule has 2 aromatic rings. The highest BCUT2D eigenvalue weighted by atomic mass is 35.5. The molecule has 10 heteroatoms. The van der Waals surface area contributed by atoms with E-state index < -0.39 is 33.9 Å². The van der Waals surface area contributed by atoms with Gasteiger partial charge in [-0.05, 0) is 12.1 Å². The first-order valence-electron chi connectivity index (χ1n) is 6.68. The number of benzene rings is 2. The maximum atomic E-state index is 12.0. The van der Waals surface area contributed by atoms with E-state index in [1.165, 1.54) is 30.3 Å². The van der Waals surface area contributed by atoms with Crippen LogP contribution < -0.4 is 0 Å². The van der Waals surface area contributed by atoms with Gasteiger partial charge in [0, 0.05) is 23.8 Å². The number of carbonyl (C=O) groups excluding carboxylic acids is 2. The third kappa shape index (κ3) is 4.36. The fraction of sp³-hybridized carbons (Fsp3) is 0.0667. The van der Waals surface area contributed by atoms with E-state index in [2.05, 4.69) is 0 Å². The van der Waals surface area contributed by atoms with Crippen LogP contribution in [-0.4, -0.2) is 28.2 Å². The highest BCUT2D eigenvalue weighted by molar-refractivity contribution is 6.32. The second-order valence-corrected chi connectivity index (χ2v) is 5.14. The molecule has 25 heavy (non-hydrogen) atoms. The van der Waals surface area contributed by atoms with Gasteiger partial charge in [-0.25, -0.2) is 4.79 Å². The largest absolute Gasteiger partial charge is 0.454 e. The van der Waals surface area contributed by atoms with Crippen molar-refractivity contribution in [2.24, 2.45) is 0 Å². The Morgan fingerprint density at radius 2 is 1.72 bits per heavy atom. The van der Waals surface area contributed by atoms with Crippen LogP contribution in [-0.2, 0) is 4.74 Å². The summed E-state index contributed by atoms with van der Waals surface area (Å²) < 4.78 is 4.80. The molecule has 2 aromatic carbocycles. The number of hydrogen-bond donors (Lipinski definition) is 0. The topological polar surface area (TPSA) is 130 Å². The van der Waals surface area contributed by atoms with Crippen LogP contribution in [0.2, 0.25) is 5.02 Å². The molecule has 0 atom stereocenters. The Morgan fingerprint density at radius 3 is 2.36 bits per heavy atom. The van der Waals surface area contributed by atoms with Crippen LogP contribution in [0.5, 0.6) is 0 Å². The van der Waals surface area contributed by atoms with Gasteiger partial charge in [0.2, 0.25) is 5.78 Å². The second kappa shape index (κ2) is 7.49. The molecule has 0 aliphatic heterocycles. The molecule has 0 aromatic heterocycles. The molecule has 128 valence electrons. The summed E-state index contributed by atoms with van der Waals surface area (Å²) >= 11 is 5.64. The van der Waals surface area contributed by atoms with Gasteiger partial charge in [0.15, 0.2) is 6.61 Å². The number of halogens is 1. The van der Waals surface area contributed by atoms with Crippen molar-refractivity contribution in [3.63, 3.8) is 0 Å². The molecular weight excluding hydrogens is 356 g/mol. The van der Waals surface area contributed by atoms with Gasteiger partial charge in [0.1, 0.15) is 5.02 Å². The molecule has 0 aliphatic rings. The zero-order valence-electron chi connectivity index (χ0n) is 12.4. The summed E-state index contributed by atoms with van der Waals surface area (Å²) in [6, 6.07) is 8.27. The van der Waals surface area contributed by atoms with E-state index in [-0.39, 0.29) is 21.8 Å². The predicted octanol–water partition coefficient (Wildman–Crippen LogP) is 3.20. The van der Waals surface area contributed by atoms with Gasteiger partial charge >= 0.3 is 5.97 Å². The number of nitrogens with zero attached hydrogens (tertiary/aromatic N) is 2. The van der Waals surface area contributed by atoms with E-state index in [1.807, 2.05) is 0 Å². The summed E-state index contributed by atoms with van der Waals surface area (Å²) in [6.45, 7) is -0.670. The Balaban J connectivity index is 2.08. The van der Waals surface area contributed by atoms with E-state index in [1.54, 1.807) is 0 Å². The summed E-state index contributed by atoms with van der Waals surface area (Å²) in [5.74, 6) is -1.61. The van der Waals surface area contributed by atoms with Crippen LogP contribution in [0.15, 0.2) is 42.5 Å². The number of Topliss-reactive ketones (excluding diaryl/α,β-unsaturated/α-hetero) is 1. The summed E-state index contributed by atoms with van der Waals surface area (Å²) in [7, 11) is 0. The molecular formula is C15H9ClN2O7. The number of hydrogen-bond acceptors (Lipinski definition) is 7. The highest BCUT2D eigenvalue weighted by Gasteiger charge is 2.19. The van der Waals surface area contributed by atoms with Crippen molar-refractivity contribution in [3.05, 3.63) is 78.8 Å². The number of nitro benzene ring substituents is 2. The minimum Gasteiger partial charge on any atom is -0.454 e.